The van der Waals surface area contributed by atoms with Gasteiger partial charge in [0.05, 0.1) is 6.20 Å². The first-order valence-corrected chi connectivity index (χ1v) is 7.25. The van der Waals surface area contributed by atoms with Crippen molar-refractivity contribution in [2.24, 2.45) is 5.41 Å². The smallest absolute Gasteiger partial charge is 0.0534 e. The normalized spacial score (nSPS) is 23.5. The lowest BCUT2D eigenvalue weighted by Crippen LogP contribution is -2.43. The molecule has 1 aliphatic carbocycles. The molecule has 1 saturated carbocycles. The molecule has 1 heterocycles. The van der Waals surface area contributed by atoms with Gasteiger partial charge in [-0.1, -0.05) is 26.7 Å². The van der Waals surface area contributed by atoms with Crippen molar-refractivity contribution >= 4 is 0 Å². The zero-order chi connectivity index (χ0) is 13.2. The number of aromatic nitrogens is 2. The van der Waals surface area contributed by atoms with Crippen molar-refractivity contribution in [2.75, 3.05) is 0 Å². The van der Waals surface area contributed by atoms with Crippen LogP contribution in [0.1, 0.15) is 65.0 Å². The molecule has 1 fully saturated rings. The Balaban J connectivity index is 1.90. The first kappa shape index (κ1) is 13.6. The fraction of sp³-hybridized carbons (Fsp3) is 0.800. The third kappa shape index (κ3) is 3.14. The summed E-state index contributed by atoms with van der Waals surface area (Å²) in [4.78, 5) is 0. The highest BCUT2D eigenvalue weighted by Gasteiger charge is 2.31. The molecule has 3 nitrogen and oxygen atoms in total. The highest BCUT2D eigenvalue weighted by molar-refractivity contribution is 5.04. The summed E-state index contributed by atoms with van der Waals surface area (Å²) in [6.07, 6.45) is 9.56. The number of hydrogen-bond acceptors (Lipinski definition) is 2. The van der Waals surface area contributed by atoms with Crippen molar-refractivity contribution in [2.45, 2.75) is 72.0 Å². The van der Waals surface area contributed by atoms with Gasteiger partial charge < -0.3 is 5.32 Å². The van der Waals surface area contributed by atoms with Gasteiger partial charge in [0.2, 0.25) is 0 Å². The molecule has 0 radical (unpaired) electrons. The fourth-order valence-corrected chi connectivity index (χ4v) is 2.86. The maximum atomic E-state index is 4.39. The van der Waals surface area contributed by atoms with Gasteiger partial charge in [-0.2, -0.15) is 5.10 Å². The first-order chi connectivity index (χ1) is 8.49. The summed E-state index contributed by atoms with van der Waals surface area (Å²) >= 11 is 0. The van der Waals surface area contributed by atoms with E-state index >= 15 is 0 Å². The lowest BCUT2D eigenvalue weighted by molar-refractivity contribution is 0.167. The molecule has 2 rings (SSSR count). The lowest BCUT2D eigenvalue weighted by atomic mass is 9.73. The predicted molar refractivity (Wildman–Crippen MR) is 75.5 cm³/mol. The van der Waals surface area contributed by atoms with Crippen molar-refractivity contribution < 1.29 is 0 Å². The van der Waals surface area contributed by atoms with Crippen molar-refractivity contribution in [3.05, 3.63) is 18.0 Å². The second kappa shape index (κ2) is 5.43. The molecule has 0 spiro atoms. The Morgan fingerprint density at radius 1 is 1.44 bits per heavy atom. The Morgan fingerprint density at radius 2 is 2.22 bits per heavy atom. The Bertz CT molecular complexity index is 379. The molecule has 18 heavy (non-hydrogen) atoms. The molecule has 0 aliphatic heterocycles. The standard InChI is InChI=1S/C15H27N3/c1-12(2)18-11-13(10-17-18)9-16-14-7-5-6-8-15(14,3)4/h10-12,14,16H,5-9H2,1-4H3. The molecule has 1 N–H and O–H groups in total. The zero-order valence-corrected chi connectivity index (χ0v) is 12.2. The van der Waals surface area contributed by atoms with E-state index in [1.54, 1.807) is 0 Å². The molecular formula is C15H27N3. The van der Waals surface area contributed by atoms with Crippen molar-refractivity contribution in [3.8, 4) is 0 Å². The van der Waals surface area contributed by atoms with E-state index in [1.807, 2.05) is 10.9 Å². The zero-order valence-electron chi connectivity index (χ0n) is 12.2. The van der Waals surface area contributed by atoms with Crippen LogP contribution in [0.3, 0.4) is 0 Å². The van der Waals surface area contributed by atoms with E-state index in [1.165, 1.54) is 31.2 Å². The number of rotatable bonds is 4. The Hall–Kier alpha value is -0.830. The molecule has 0 bridgehead atoms. The van der Waals surface area contributed by atoms with Gasteiger partial charge in [0.1, 0.15) is 0 Å². The van der Waals surface area contributed by atoms with Crippen molar-refractivity contribution in [3.63, 3.8) is 0 Å². The van der Waals surface area contributed by atoms with Gasteiger partial charge in [0.25, 0.3) is 0 Å². The monoisotopic (exact) mass is 249 g/mol. The molecule has 102 valence electrons. The molecule has 1 unspecified atom stereocenters. The van der Waals surface area contributed by atoms with Crippen LogP contribution in [0.25, 0.3) is 0 Å². The molecule has 0 saturated heterocycles. The predicted octanol–water partition coefficient (Wildman–Crippen LogP) is 3.52. The van der Waals surface area contributed by atoms with Crippen LogP contribution >= 0.6 is 0 Å². The summed E-state index contributed by atoms with van der Waals surface area (Å²) in [5.41, 5.74) is 1.73. The van der Waals surface area contributed by atoms with E-state index < -0.39 is 0 Å². The summed E-state index contributed by atoms with van der Waals surface area (Å²) in [7, 11) is 0. The van der Waals surface area contributed by atoms with Crippen LogP contribution in [0.15, 0.2) is 12.4 Å². The highest BCUT2D eigenvalue weighted by atomic mass is 15.3. The van der Waals surface area contributed by atoms with Gasteiger partial charge in [-0.3, -0.25) is 4.68 Å². The van der Waals surface area contributed by atoms with Crippen LogP contribution in [-0.2, 0) is 6.54 Å². The van der Waals surface area contributed by atoms with Gasteiger partial charge in [-0.25, -0.2) is 0 Å². The van der Waals surface area contributed by atoms with Gasteiger partial charge >= 0.3 is 0 Å². The lowest BCUT2D eigenvalue weighted by Gasteiger charge is -2.39. The largest absolute Gasteiger partial charge is 0.309 e. The summed E-state index contributed by atoms with van der Waals surface area (Å²) in [5.74, 6) is 0. The molecule has 1 aliphatic rings. The fourth-order valence-electron chi connectivity index (χ4n) is 2.86. The third-order valence-corrected chi connectivity index (χ3v) is 4.24. The SMILES string of the molecule is CC(C)n1cc(CNC2CCCCC2(C)C)cn1. The Morgan fingerprint density at radius 3 is 2.83 bits per heavy atom. The Kier molecular flexibility index (Phi) is 4.10. The van der Waals surface area contributed by atoms with E-state index in [9.17, 15) is 0 Å². The summed E-state index contributed by atoms with van der Waals surface area (Å²) in [6.45, 7) is 10.0. The molecule has 1 aromatic heterocycles. The summed E-state index contributed by atoms with van der Waals surface area (Å²) in [6, 6.07) is 1.10. The second-order valence-electron chi connectivity index (χ2n) is 6.59. The number of nitrogens with zero attached hydrogens (tertiary/aromatic N) is 2. The number of nitrogens with one attached hydrogen (secondary N) is 1. The molecule has 1 aromatic rings. The highest BCUT2D eigenvalue weighted by Crippen LogP contribution is 2.35. The maximum Gasteiger partial charge on any atom is 0.0534 e. The summed E-state index contributed by atoms with van der Waals surface area (Å²) in [5, 5.41) is 8.12. The van der Waals surface area contributed by atoms with Crippen LogP contribution in [0, 0.1) is 5.41 Å². The summed E-state index contributed by atoms with van der Waals surface area (Å²) < 4.78 is 2.03. The minimum Gasteiger partial charge on any atom is -0.309 e. The van der Waals surface area contributed by atoms with Gasteiger partial charge in [-0.05, 0) is 32.1 Å². The van der Waals surface area contributed by atoms with Crippen molar-refractivity contribution in [1.82, 2.24) is 15.1 Å². The molecule has 0 amide bonds. The Labute approximate surface area is 111 Å². The topological polar surface area (TPSA) is 29.9 Å². The van der Waals surface area contributed by atoms with E-state index in [4.69, 9.17) is 0 Å². The molecule has 3 heteroatoms. The van der Waals surface area contributed by atoms with Crippen LogP contribution in [-0.4, -0.2) is 15.8 Å². The first-order valence-electron chi connectivity index (χ1n) is 7.25. The minimum atomic E-state index is 0.437. The molecular weight excluding hydrogens is 222 g/mol. The van der Waals surface area contributed by atoms with Crippen molar-refractivity contribution in [1.29, 1.82) is 0 Å². The van der Waals surface area contributed by atoms with Crippen LogP contribution < -0.4 is 5.32 Å². The number of hydrogen-bond donors (Lipinski definition) is 1. The van der Waals surface area contributed by atoms with Gasteiger partial charge in [0.15, 0.2) is 0 Å². The van der Waals surface area contributed by atoms with E-state index in [0.717, 1.165) is 6.54 Å². The second-order valence-corrected chi connectivity index (χ2v) is 6.59. The van der Waals surface area contributed by atoms with E-state index in [-0.39, 0.29) is 0 Å². The quantitative estimate of drug-likeness (QED) is 0.884. The minimum absolute atomic E-state index is 0.437. The van der Waals surface area contributed by atoms with Gasteiger partial charge in [-0.15, -0.1) is 0 Å². The van der Waals surface area contributed by atoms with Crippen LogP contribution in [0.5, 0.6) is 0 Å². The van der Waals surface area contributed by atoms with Gasteiger partial charge in [0, 0.05) is 30.4 Å². The molecule has 0 aromatic carbocycles. The van der Waals surface area contributed by atoms with E-state index in [0.29, 0.717) is 17.5 Å². The average Bonchev–Trinajstić information content (AvgIpc) is 2.76. The van der Waals surface area contributed by atoms with Crippen LogP contribution in [0.4, 0.5) is 0 Å². The third-order valence-electron chi connectivity index (χ3n) is 4.24. The van der Waals surface area contributed by atoms with Crippen LogP contribution in [0.2, 0.25) is 0 Å². The molecule has 1 atom stereocenters. The van der Waals surface area contributed by atoms with E-state index in [2.05, 4.69) is 44.3 Å². The average molecular weight is 249 g/mol. The maximum absolute atomic E-state index is 4.39.